The van der Waals surface area contributed by atoms with Crippen LogP contribution in [0.15, 0.2) is 24.5 Å². The Kier molecular flexibility index (Phi) is 5.08. The minimum Gasteiger partial charge on any atom is -0.513 e. The number of rotatable bonds is 5. The summed E-state index contributed by atoms with van der Waals surface area (Å²) in [4.78, 5) is 27.0. The number of anilines is 1. The zero-order valence-corrected chi connectivity index (χ0v) is 17.2. The van der Waals surface area contributed by atoms with Crippen molar-refractivity contribution in [3.63, 3.8) is 0 Å². The summed E-state index contributed by atoms with van der Waals surface area (Å²) in [7, 11) is 0. The smallest absolute Gasteiger partial charge is 0.341 e. The van der Waals surface area contributed by atoms with Gasteiger partial charge in [-0.1, -0.05) is 25.7 Å². The van der Waals surface area contributed by atoms with Gasteiger partial charge in [0.05, 0.1) is 23.8 Å². The highest BCUT2D eigenvalue weighted by atomic mass is 32.1. The number of aliphatic hydroxyl groups is 1. The van der Waals surface area contributed by atoms with Crippen LogP contribution in [-0.4, -0.2) is 23.6 Å². The molecule has 5 atom stereocenters. The molecule has 1 saturated carbocycles. The van der Waals surface area contributed by atoms with Gasteiger partial charge >= 0.3 is 5.97 Å². The monoisotopic (exact) mass is 401 g/mol. The third kappa shape index (κ3) is 3.17. The second-order valence-electron chi connectivity index (χ2n) is 8.26. The Morgan fingerprint density at radius 3 is 2.71 bits per heavy atom. The van der Waals surface area contributed by atoms with Gasteiger partial charge < -0.3 is 15.2 Å². The highest BCUT2D eigenvalue weighted by Crippen LogP contribution is 2.51. The Balaban J connectivity index is 1.64. The average molecular weight is 402 g/mol. The summed E-state index contributed by atoms with van der Waals surface area (Å²) >= 11 is 1.50. The van der Waals surface area contributed by atoms with Gasteiger partial charge in [0, 0.05) is 10.8 Å². The second kappa shape index (κ2) is 7.39. The zero-order valence-electron chi connectivity index (χ0n) is 16.4. The third-order valence-electron chi connectivity index (χ3n) is 6.37. The lowest BCUT2D eigenvalue weighted by Crippen LogP contribution is -2.33. The van der Waals surface area contributed by atoms with Crippen LogP contribution in [0.2, 0.25) is 0 Å². The molecule has 0 radical (unpaired) electrons. The summed E-state index contributed by atoms with van der Waals surface area (Å²) in [6.45, 7) is 7.97. The van der Waals surface area contributed by atoms with Crippen LogP contribution >= 0.6 is 11.3 Å². The molecule has 5 nitrogen and oxygen atoms in total. The molecule has 2 N–H and O–H groups in total. The fourth-order valence-corrected chi connectivity index (χ4v) is 6.33. The Morgan fingerprint density at radius 2 is 2.04 bits per heavy atom. The van der Waals surface area contributed by atoms with E-state index in [2.05, 4.69) is 31.0 Å². The fourth-order valence-electron chi connectivity index (χ4n) is 5.09. The Morgan fingerprint density at radius 1 is 1.32 bits per heavy atom. The molecule has 28 heavy (non-hydrogen) atoms. The van der Waals surface area contributed by atoms with Gasteiger partial charge in [-0.15, -0.1) is 11.3 Å². The van der Waals surface area contributed by atoms with Crippen LogP contribution in [-0.2, 0) is 22.4 Å². The quantitative estimate of drug-likeness (QED) is 0.433. The Labute approximate surface area is 169 Å². The minimum absolute atomic E-state index is 0.0712. The van der Waals surface area contributed by atoms with Crippen LogP contribution in [0.4, 0.5) is 5.00 Å². The average Bonchev–Trinajstić information content (AvgIpc) is 3.33. The van der Waals surface area contributed by atoms with Crippen molar-refractivity contribution in [2.24, 2.45) is 29.6 Å². The standard InChI is InChI=1S/C22H27NO4S/c1-4-27-22(26)19-15-9-11(2)5-8-16(15)28-21(19)23-20(25)18-14-7-6-13(10-14)17(18)12(3)24/h6-7,11,13-14,17-18,24H,3-5,8-10H2,1-2H3,(H,23,25). The topological polar surface area (TPSA) is 75.6 Å². The molecule has 2 bridgehead atoms. The van der Waals surface area contributed by atoms with Gasteiger partial charge in [0.25, 0.3) is 0 Å². The molecule has 1 fully saturated rings. The Bertz CT molecular complexity index is 855. The van der Waals surface area contributed by atoms with E-state index in [1.165, 1.54) is 16.2 Å². The number of carbonyl (C=O) groups excluding carboxylic acids is 2. The molecule has 0 spiro atoms. The first-order valence-electron chi connectivity index (χ1n) is 10.1. The number of aliphatic hydroxyl groups excluding tert-OH is 1. The van der Waals surface area contributed by atoms with Gasteiger partial charge in [-0.05, 0) is 55.9 Å². The van der Waals surface area contributed by atoms with Crippen molar-refractivity contribution < 1.29 is 19.4 Å². The molecule has 0 saturated heterocycles. The maximum absolute atomic E-state index is 13.2. The first-order chi connectivity index (χ1) is 13.4. The van der Waals surface area contributed by atoms with Crippen LogP contribution in [0.3, 0.4) is 0 Å². The zero-order chi connectivity index (χ0) is 20.0. The summed E-state index contributed by atoms with van der Waals surface area (Å²) in [5, 5.41) is 13.7. The van der Waals surface area contributed by atoms with Crippen LogP contribution in [0.25, 0.3) is 0 Å². The summed E-state index contributed by atoms with van der Waals surface area (Å²) in [5.74, 6) is -0.246. The number of thiophene rings is 1. The molecule has 1 heterocycles. The van der Waals surface area contributed by atoms with Gasteiger partial charge in [-0.25, -0.2) is 4.79 Å². The van der Waals surface area contributed by atoms with Crippen molar-refractivity contribution in [3.8, 4) is 0 Å². The van der Waals surface area contributed by atoms with Gasteiger partial charge in [0.15, 0.2) is 0 Å². The highest BCUT2D eigenvalue weighted by molar-refractivity contribution is 7.17. The van der Waals surface area contributed by atoms with E-state index >= 15 is 0 Å². The first kappa shape index (κ1) is 19.2. The van der Waals surface area contributed by atoms with Crippen LogP contribution in [0.1, 0.15) is 47.5 Å². The van der Waals surface area contributed by atoms with Crippen LogP contribution < -0.4 is 5.32 Å². The van der Waals surface area contributed by atoms with E-state index in [1.54, 1.807) is 6.92 Å². The third-order valence-corrected chi connectivity index (χ3v) is 7.58. The molecule has 3 aliphatic carbocycles. The van der Waals surface area contributed by atoms with Crippen molar-refractivity contribution in [3.05, 3.63) is 40.5 Å². The van der Waals surface area contributed by atoms with E-state index in [4.69, 9.17) is 4.74 Å². The van der Waals surface area contributed by atoms with Crippen molar-refractivity contribution in [1.82, 2.24) is 0 Å². The summed E-state index contributed by atoms with van der Waals surface area (Å²) in [6.07, 6.45) is 7.87. The number of nitrogens with one attached hydrogen (secondary N) is 1. The maximum atomic E-state index is 13.2. The summed E-state index contributed by atoms with van der Waals surface area (Å²) in [5.41, 5.74) is 1.56. The number of esters is 1. The fraction of sp³-hybridized carbons (Fsp3) is 0.545. The number of fused-ring (bicyclic) bond motifs is 3. The molecule has 0 aliphatic heterocycles. The summed E-state index contributed by atoms with van der Waals surface area (Å²) < 4.78 is 5.30. The first-order valence-corrected chi connectivity index (χ1v) is 10.9. The van der Waals surface area contributed by atoms with Crippen molar-refractivity contribution in [2.45, 2.75) is 39.5 Å². The second-order valence-corrected chi connectivity index (χ2v) is 9.36. The maximum Gasteiger partial charge on any atom is 0.341 e. The molecular weight excluding hydrogens is 374 g/mol. The van der Waals surface area contributed by atoms with Crippen LogP contribution in [0.5, 0.6) is 0 Å². The van der Waals surface area contributed by atoms with E-state index < -0.39 is 0 Å². The van der Waals surface area contributed by atoms with Gasteiger partial charge in [-0.2, -0.15) is 0 Å². The van der Waals surface area contributed by atoms with E-state index in [0.29, 0.717) is 23.1 Å². The number of hydrogen-bond acceptors (Lipinski definition) is 5. The minimum atomic E-state index is -0.361. The Hall–Kier alpha value is -2.08. The lowest BCUT2D eigenvalue weighted by molar-refractivity contribution is -0.121. The molecule has 5 unspecified atom stereocenters. The summed E-state index contributed by atoms with van der Waals surface area (Å²) in [6, 6.07) is 0. The number of amides is 1. The van der Waals surface area contributed by atoms with Gasteiger partial charge in [0.2, 0.25) is 5.91 Å². The van der Waals surface area contributed by atoms with E-state index in [9.17, 15) is 14.7 Å². The molecule has 6 heteroatoms. The van der Waals surface area contributed by atoms with E-state index in [-0.39, 0.29) is 41.3 Å². The lowest BCUT2D eigenvalue weighted by atomic mass is 9.81. The van der Waals surface area contributed by atoms with Gasteiger partial charge in [-0.3, -0.25) is 4.79 Å². The van der Waals surface area contributed by atoms with Crippen LogP contribution in [0, 0.1) is 29.6 Å². The normalized spacial score (nSPS) is 30.1. The molecule has 4 rings (SSSR count). The number of carbonyl (C=O) groups is 2. The van der Waals surface area contributed by atoms with Crippen molar-refractivity contribution in [2.75, 3.05) is 11.9 Å². The number of aryl methyl sites for hydroxylation is 1. The number of ether oxygens (including phenoxy) is 1. The molecule has 1 aromatic rings. The van der Waals surface area contributed by atoms with Gasteiger partial charge in [0.1, 0.15) is 5.00 Å². The van der Waals surface area contributed by atoms with E-state index in [0.717, 1.165) is 31.2 Å². The molecule has 0 aromatic carbocycles. The molecule has 3 aliphatic rings. The van der Waals surface area contributed by atoms with Crippen molar-refractivity contribution in [1.29, 1.82) is 0 Å². The van der Waals surface area contributed by atoms with E-state index in [1.807, 2.05) is 0 Å². The number of allylic oxidation sites excluding steroid dienone is 3. The van der Waals surface area contributed by atoms with Crippen molar-refractivity contribution >= 4 is 28.2 Å². The largest absolute Gasteiger partial charge is 0.513 e. The predicted octanol–water partition coefficient (Wildman–Crippen LogP) is 4.50. The SMILES string of the molecule is C=C(O)C1C2C=CC(C2)C1C(=O)Nc1sc2c(c1C(=O)OCC)CC(C)CC2. The molecule has 1 aromatic heterocycles. The molecule has 1 amide bonds. The molecular formula is C22H27NO4S. The predicted molar refractivity (Wildman–Crippen MR) is 110 cm³/mol. The molecule has 150 valence electrons. The lowest BCUT2D eigenvalue weighted by Gasteiger charge is -2.26. The number of hydrogen-bond donors (Lipinski definition) is 2. The highest BCUT2D eigenvalue weighted by Gasteiger charge is 2.49.